The number of phenolic OH excluding ortho intramolecular Hbond substituents is 2. The van der Waals surface area contributed by atoms with E-state index in [9.17, 15) is 10.2 Å². The van der Waals surface area contributed by atoms with Gasteiger partial charge in [-0.1, -0.05) is 118 Å². The summed E-state index contributed by atoms with van der Waals surface area (Å²) in [5.74, 6) is 0.723. The molecule has 0 aromatic heterocycles. The fourth-order valence-corrected chi connectivity index (χ4v) is 6.66. The highest BCUT2D eigenvalue weighted by molar-refractivity contribution is 5.88. The molecule has 0 radical (unpaired) electrons. The average Bonchev–Trinajstić information content (AvgIpc) is 3.02. The molecular formula is C40H38O2. The van der Waals surface area contributed by atoms with Crippen LogP contribution in [-0.4, -0.2) is 10.2 Å². The fourth-order valence-electron chi connectivity index (χ4n) is 6.66. The molecule has 2 unspecified atom stereocenters. The number of phenols is 2. The normalized spacial score (nSPS) is 13.0. The van der Waals surface area contributed by atoms with Crippen LogP contribution in [0.25, 0.3) is 32.7 Å². The van der Waals surface area contributed by atoms with E-state index < -0.39 is 0 Å². The zero-order chi connectivity index (χ0) is 29.4. The zero-order valence-corrected chi connectivity index (χ0v) is 24.9. The van der Waals surface area contributed by atoms with Crippen LogP contribution >= 0.6 is 0 Å². The predicted molar refractivity (Wildman–Crippen MR) is 177 cm³/mol. The standard InChI is InChI=1S/C40H38O2/c1-5-27-22-31(32(6-2)36-20-12-16-29-14-8-10-18-35(29)36)24-38(40(27)42)37-23-30(21-25(3)39(37)41)26(4)33-19-11-15-28-13-7-9-17-34(28)33/h7-24,26,32,41-42H,5-6H2,1-4H3. The lowest BCUT2D eigenvalue weighted by molar-refractivity contribution is 0.463. The molecule has 2 N–H and O–H groups in total. The summed E-state index contributed by atoms with van der Waals surface area (Å²) in [4.78, 5) is 0. The summed E-state index contributed by atoms with van der Waals surface area (Å²) in [6, 6.07) is 38.4. The van der Waals surface area contributed by atoms with E-state index >= 15 is 0 Å². The van der Waals surface area contributed by atoms with Crippen molar-refractivity contribution >= 4 is 21.5 Å². The second-order valence-corrected chi connectivity index (χ2v) is 11.5. The van der Waals surface area contributed by atoms with Crippen molar-refractivity contribution in [3.05, 3.63) is 143 Å². The molecule has 2 heteroatoms. The van der Waals surface area contributed by atoms with Gasteiger partial charge in [0.1, 0.15) is 11.5 Å². The minimum absolute atomic E-state index is 0.101. The number of fused-ring (bicyclic) bond motifs is 2. The highest BCUT2D eigenvalue weighted by Gasteiger charge is 2.23. The maximum Gasteiger partial charge on any atom is 0.126 e. The Morgan fingerprint density at radius 1 is 0.595 bits per heavy atom. The smallest absolute Gasteiger partial charge is 0.126 e. The SMILES string of the molecule is CCc1cc(C(CC)c2cccc3ccccc23)cc(-c2cc(C(C)c3cccc4ccccc34)cc(C)c2O)c1O. The third kappa shape index (κ3) is 4.81. The summed E-state index contributed by atoms with van der Waals surface area (Å²) in [6.07, 6.45) is 1.62. The monoisotopic (exact) mass is 550 g/mol. The molecule has 210 valence electrons. The number of benzene rings is 6. The van der Waals surface area contributed by atoms with Gasteiger partial charge in [0.05, 0.1) is 0 Å². The molecule has 0 amide bonds. The topological polar surface area (TPSA) is 40.5 Å². The Morgan fingerprint density at radius 3 is 1.79 bits per heavy atom. The Balaban J connectivity index is 1.52. The lowest BCUT2D eigenvalue weighted by Crippen LogP contribution is -2.03. The highest BCUT2D eigenvalue weighted by atomic mass is 16.3. The first-order chi connectivity index (χ1) is 20.4. The molecule has 6 aromatic rings. The Labute approximate surface area is 248 Å². The third-order valence-electron chi connectivity index (χ3n) is 9.00. The Kier molecular flexibility index (Phi) is 7.47. The van der Waals surface area contributed by atoms with Crippen molar-refractivity contribution in [3.8, 4) is 22.6 Å². The van der Waals surface area contributed by atoms with E-state index in [-0.39, 0.29) is 23.3 Å². The molecule has 6 rings (SSSR count). The lowest BCUT2D eigenvalue weighted by Gasteiger charge is -2.23. The average molecular weight is 551 g/mol. The molecule has 2 atom stereocenters. The van der Waals surface area contributed by atoms with Gasteiger partial charge < -0.3 is 10.2 Å². The van der Waals surface area contributed by atoms with Crippen molar-refractivity contribution in [2.45, 2.75) is 52.4 Å². The predicted octanol–water partition coefficient (Wildman–Crippen LogP) is 10.6. The molecule has 0 heterocycles. The van der Waals surface area contributed by atoms with Crippen LogP contribution in [0.1, 0.15) is 72.4 Å². The van der Waals surface area contributed by atoms with Crippen LogP contribution in [0.15, 0.2) is 109 Å². The summed E-state index contributed by atoms with van der Waals surface area (Å²) in [7, 11) is 0. The Morgan fingerprint density at radius 2 is 1.14 bits per heavy atom. The van der Waals surface area contributed by atoms with Gasteiger partial charge in [0.25, 0.3) is 0 Å². The number of aromatic hydroxyl groups is 2. The molecule has 0 saturated carbocycles. The summed E-state index contributed by atoms with van der Waals surface area (Å²) in [6.45, 7) is 8.47. The van der Waals surface area contributed by atoms with Gasteiger partial charge in [0.2, 0.25) is 0 Å². The highest BCUT2D eigenvalue weighted by Crippen LogP contribution is 2.45. The quantitative estimate of drug-likeness (QED) is 0.208. The van der Waals surface area contributed by atoms with E-state index in [2.05, 4.69) is 130 Å². The lowest BCUT2D eigenvalue weighted by atomic mass is 9.82. The molecule has 42 heavy (non-hydrogen) atoms. The van der Waals surface area contributed by atoms with Crippen LogP contribution in [0, 0.1) is 6.92 Å². The van der Waals surface area contributed by atoms with E-state index in [0.29, 0.717) is 17.5 Å². The number of aryl methyl sites for hydroxylation is 2. The van der Waals surface area contributed by atoms with Gasteiger partial charge in [-0.2, -0.15) is 0 Å². The maximum absolute atomic E-state index is 11.6. The minimum Gasteiger partial charge on any atom is -0.507 e. The molecule has 0 aliphatic carbocycles. The van der Waals surface area contributed by atoms with Crippen molar-refractivity contribution in [3.63, 3.8) is 0 Å². The molecule has 0 aliphatic heterocycles. The van der Waals surface area contributed by atoms with Gasteiger partial charge in [-0.15, -0.1) is 0 Å². The zero-order valence-electron chi connectivity index (χ0n) is 24.9. The van der Waals surface area contributed by atoms with E-state index in [4.69, 9.17) is 0 Å². The summed E-state index contributed by atoms with van der Waals surface area (Å²) >= 11 is 0. The summed E-state index contributed by atoms with van der Waals surface area (Å²) < 4.78 is 0. The Hall–Kier alpha value is -4.56. The molecule has 6 aromatic carbocycles. The maximum atomic E-state index is 11.6. The van der Waals surface area contributed by atoms with Gasteiger partial charge >= 0.3 is 0 Å². The molecule has 2 nitrogen and oxygen atoms in total. The van der Waals surface area contributed by atoms with Crippen LogP contribution in [0.2, 0.25) is 0 Å². The van der Waals surface area contributed by atoms with Crippen molar-refractivity contribution in [2.75, 3.05) is 0 Å². The van der Waals surface area contributed by atoms with Crippen molar-refractivity contribution in [2.24, 2.45) is 0 Å². The van der Waals surface area contributed by atoms with E-state index in [1.807, 2.05) is 6.92 Å². The van der Waals surface area contributed by atoms with Gasteiger partial charge in [0.15, 0.2) is 0 Å². The number of hydrogen-bond acceptors (Lipinski definition) is 2. The second-order valence-electron chi connectivity index (χ2n) is 11.5. The minimum atomic E-state index is 0.101. The molecule has 0 aliphatic rings. The van der Waals surface area contributed by atoms with Crippen molar-refractivity contribution < 1.29 is 10.2 Å². The number of hydrogen-bond donors (Lipinski definition) is 2. The van der Waals surface area contributed by atoms with Crippen molar-refractivity contribution in [1.29, 1.82) is 0 Å². The molecular weight excluding hydrogens is 512 g/mol. The van der Waals surface area contributed by atoms with Crippen LogP contribution in [0.5, 0.6) is 11.5 Å². The molecule has 0 fully saturated rings. The van der Waals surface area contributed by atoms with Gasteiger partial charge in [0, 0.05) is 23.0 Å². The Bertz CT molecular complexity index is 1910. The third-order valence-corrected chi connectivity index (χ3v) is 9.00. The van der Waals surface area contributed by atoms with Crippen LogP contribution in [-0.2, 0) is 6.42 Å². The first kappa shape index (κ1) is 27.6. The van der Waals surface area contributed by atoms with E-state index in [1.54, 1.807) is 0 Å². The van der Waals surface area contributed by atoms with Crippen LogP contribution in [0.3, 0.4) is 0 Å². The van der Waals surface area contributed by atoms with Crippen molar-refractivity contribution in [1.82, 2.24) is 0 Å². The van der Waals surface area contributed by atoms with E-state index in [1.165, 1.54) is 32.7 Å². The molecule has 0 bridgehead atoms. The second kappa shape index (κ2) is 11.4. The van der Waals surface area contributed by atoms with Gasteiger partial charge in [-0.05, 0) is 86.8 Å². The summed E-state index contributed by atoms with van der Waals surface area (Å²) in [5.41, 5.74) is 7.87. The summed E-state index contributed by atoms with van der Waals surface area (Å²) in [5, 5.41) is 27.9. The molecule has 0 saturated heterocycles. The van der Waals surface area contributed by atoms with E-state index in [0.717, 1.165) is 28.7 Å². The number of rotatable bonds is 7. The van der Waals surface area contributed by atoms with Gasteiger partial charge in [-0.3, -0.25) is 0 Å². The fraction of sp³-hybridized carbons (Fsp3) is 0.200. The largest absolute Gasteiger partial charge is 0.507 e. The van der Waals surface area contributed by atoms with Crippen LogP contribution < -0.4 is 0 Å². The molecule has 0 spiro atoms. The first-order valence-electron chi connectivity index (χ1n) is 15.1. The van der Waals surface area contributed by atoms with Crippen LogP contribution in [0.4, 0.5) is 0 Å². The van der Waals surface area contributed by atoms with Gasteiger partial charge in [-0.25, -0.2) is 0 Å². The first-order valence-corrected chi connectivity index (χ1v) is 15.1.